The number of anilines is 3. The molecule has 0 spiro atoms. The number of benzene rings is 1. The number of piperazine rings is 2. The second-order valence-electron chi connectivity index (χ2n) is 7.06. The molecule has 8 nitrogen and oxygen atoms in total. The smallest absolute Gasteiger partial charge is 0.247 e. The SMILES string of the molecule is Cc1cccc(N2CCN(c3cnnc(N4CCN(C=O)CC4)n3)CC2)c1. The Balaban J connectivity index is 1.39. The average molecular weight is 367 g/mol. The first kappa shape index (κ1) is 17.5. The van der Waals surface area contributed by atoms with Crippen molar-refractivity contribution >= 4 is 23.9 Å². The van der Waals surface area contributed by atoms with Crippen LogP contribution in [0.25, 0.3) is 0 Å². The fourth-order valence-corrected chi connectivity index (χ4v) is 3.62. The molecule has 3 heterocycles. The molecule has 2 aromatic rings. The van der Waals surface area contributed by atoms with Gasteiger partial charge in [-0.25, -0.2) is 0 Å². The number of carbonyl (C=O) groups is 1. The summed E-state index contributed by atoms with van der Waals surface area (Å²) >= 11 is 0. The quantitative estimate of drug-likeness (QED) is 0.740. The van der Waals surface area contributed by atoms with Gasteiger partial charge in [-0.2, -0.15) is 10.1 Å². The number of aromatic nitrogens is 3. The molecule has 4 rings (SSSR count). The third-order valence-electron chi connectivity index (χ3n) is 5.25. The molecule has 0 radical (unpaired) electrons. The van der Waals surface area contributed by atoms with Crippen LogP contribution in [0.15, 0.2) is 30.5 Å². The maximum Gasteiger partial charge on any atom is 0.247 e. The molecule has 1 aromatic heterocycles. The summed E-state index contributed by atoms with van der Waals surface area (Å²) in [6, 6.07) is 8.65. The molecule has 0 N–H and O–H groups in total. The summed E-state index contributed by atoms with van der Waals surface area (Å²) in [7, 11) is 0. The van der Waals surface area contributed by atoms with Crippen LogP contribution >= 0.6 is 0 Å². The van der Waals surface area contributed by atoms with Gasteiger partial charge in [0.15, 0.2) is 5.82 Å². The molecule has 2 aliphatic heterocycles. The number of carbonyl (C=O) groups excluding carboxylic acids is 1. The molecule has 0 atom stereocenters. The Bertz CT molecular complexity index is 783. The van der Waals surface area contributed by atoms with Crippen molar-refractivity contribution in [1.82, 2.24) is 20.1 Å². The van der Waals surface area contributed by atoms with Gasteiger partial charge in [0.1, 0.15) is 0 Å². The number of hydrogen-bond donors (Lipinski definition) is 0. The van der Waals surface area contributed by atoms with E-state index in [1.807, 2.05) is 0 Å². The minimum atomic E-state index is 0.652. The van der Waals surface area contributed by atoms with Crippen LogP contribution in [0, 0.1) is 6.92 Å². The van der Waals surface area contributed by atoms with Crippen molar-refractivity contribution in [1.29, 1.82) is 0 Å². The van der Waals surface area contributed by atoms with E-state index in [2.05, 4.69) is 56.1 Å². The monoisotopic (exact) mass is 367 g/mol. The lowest BCUT2D eigenvalue weighted by Crippen LogP contribution is -2.48. The molecule has 2 fully saturated rings. The number of aryl methyl sites for hydroxylation is 1. The second kappa shape index (κ2) is 7.77. The summed E-state index contributed by atoms with van der Waals surface area (Å²) in [6.45, 7) is 8.74. The molecule has 142 valence electrons. The Morgan fingerprint density at radius 1 is 0.926 bits per heavy atom. The highest BCUT2D eigenvalue weighted by molar-refractivity contribution is 5.51. The summed E-state index contributed by atoms with van der Waals surface area (Å²) in [6.07, 6.45) is 2.65. The summed E-state index contributed by atoms with van der Waals surface area (Å²) < 4.78 is 0. The Morgan fingerprint density at radius 2 is 1.63 bits per heavy atom. The minimum Gasteiger partial charge on any atom is -0.368 e. The van der Waals surface area contributed by atoms with Crippen molar-refractivity contribution < 1.29 is 4.79 Å². The zero-order valence-corrected chi connectivity index (χ0v) is 15.7. The van der Waals surface area contributed by atoms with Crippen LogP contribution in [0.3, 0.4) is 0 Å². The van der Waals surface area contributed by atoms with E-state index in [9.17, 15) is 4.79 Å². The van der Waals surface area contributed by atoms with E-state index < -0.39 is 0 Å². The van der Waals surface area contributed by atoms with Crippen LogP contribution < -0.4 is 14.7 Å². The van der Waals surface area contributed by atoms with Crippen LogP contribution in [-0.4, -0.2) is 78.8 Å². The highest BCUT2D eigenvalue weighted by atomic mass is 16.1. The van der Waals surface area contributed by atoms with Gasteiger partial charge in [0.25, 0.3) is 0 Å². The van der Waals surface area contributed by atoms with Gasteiger partial charge in [0.05, 0.1) is 6.20 Å². The topological polar surface area (TPSA) is 68.7 Å². The van der Waals surface area contributed by atoms with Crippen molar-refractivity contribution in [3.8, 4) is 0 Å². The van der Waals surface area contributed by atoms with Gasteiger partial charge in [-0.05, 0) is 24.6 Å². The van der Waals surface area contributed by atoms with Gasteiger partial charge < -0.3 is 19.6 Å². The first-order valence-corrected chi connectivity index (χ1v) is 9.43. The number of amides is 1. The summed E-state index contributed by atoms with van der Waals surface area (Å²) in [5, 5.41) is 8.37. The molecular weight excluding hydrogens is 342 g/mol. The van der Waals surface area contributed by atoms with Crippen LogP contribution in [0.2, 0.25) is 0 Å². The van der Waals surface area contributed by atoms with Gasteiger partial charge in [0, 0.05) is 58.0 Å². The largest absolute Gasteiger partial charge is 0.368 e. The molecule has 8 heteroatoms. The fourth-order valence-electron chi connectivity index (χ4n) is 3.62. The van der Waals surface area contributed by atoms with Crippen LogP contribution in [-0.2, 0) is 4.79 Å². The number of nitrogens with zero attached hydrogens (tertiary/aromatic N) is 7. The zero-order valence-electron chi connectivity index (χ0n) is 15.7. The molecule has 0 unspecified atom stereocenters. The molecule has 0 bridgehead atoms. The van der Waals surface area contributed by atoms with E-state index in [-0.39, 0.29) is 0 Å². The first-order chi connectivity index (χ1) is 13.2. The lowest BCUT2D eigenvalue weighted by Gasteiger charge is -2.37. The van der Waals surface area contributed by atoms with Gasteiger partial charge >= 0.3 is 0 Å². The predicted molar refractivity (Wildman–Crippen MR) is 105 cm³/mol. The third-order valence-corrected chi connectivity index (χ3v) is 5.25. The lowest BCUT2D eigenvalue weighted by atomic mass is 10.2. The van der Waals surface area contributed by atoms with E-state index in [0.29, 0.717) is 19.0 Å². The van der Waals surface area contributed by atoms with Gasteiger partial charge in [-0.15, -0.1) is 5.10 Å². The predicted octanol–water partition coefficient (Wildman–Crippen LogP) is 0.785. The fraction of sp³-hybridized carbons (Fsp3) is 0.474. The molecule has 0 saturated carbocycles. The Kier molecular flexibility index (Phi) is 5.04. The Hall–Kier alpha value is -2.90. The van der Waals surface area contributed by atoms with Crippen molar-refractivity contribution in [2.45, 2.75) is 6.92 Å². The van der Waals surface area contributed by atoms with Crippen LogP contribution in [0.5, 0.6) is 0 Å². The Labute approximate surface area is 159 Å². The molecule has 1 aromatic carbocycles. The lowest BCUT2D eigenvalue weighted by molar-refractivity contribution is -0.118. The highest BCUT2D eigenvalue weighted by Gasteiger charge is 2.22. The van der Waals surface area contributed by atoms with Gasteiger partial charge in [0.2, 0.25) is 12.4 Å². The van der Waals surface area contributed by atoms with E-state index in [1.165, 1.54) is 11.3 Å². The third kappa shape index (κ3) is 3.94. The minimum absolute atomic E-state index is 0.652. The van der Waals surface area contributed by atoms with Crippen LogP contribution in [0.1, 0.15) is 5.56 Å². The van der Waals surface area contributed by atoms with E-state index in [1.54, 1.807) is 11.1 Å². The van der Waals surface area contributed by atoms with E-state index in [4.69, 9.17) is 4.98 Å². The normalized spacial score (nSPS) is 18.0. The second-order valence-corrected chi connectivity index (χ2v) is 7.06. The van der Waals surface area contributed by atoms with E-state index in [0.717, 1.165) is 51.5 Å². The molecule has 2 aliphatic rings. The molecule has 2 saturated heterocycles. The van der Waals surface area contributed by atoms with Gasteiger partial charge in [-0.3, -0.25) is 4.79 Å². The molecule has 27 heavy (non-hydrogen) atoms. The average Bonchev–Trinajstić information content (AvgIpc) is 2.74. The van der Waals surface area contributed by atoms with Crippen molar-refractivity contribution in [2.24, 2.45) is 0 Å². The highest BCUT2D eigenvalue weighted by Crippen LogP contribution is 2.21. The summed E-state index contributed by atoms with van der Waals surface area (Å²) in [5.74, 6) is 1.53. The molecule has 1 amide bonds. The van der Waals surface area contributed by atoms with Crippen molar-refractivity contribution in [3.63, 3.8) is 0 Å². The van der Waals surface area contributed by atoms with E-state index >= 15 is 0 Å². The van der Waals surface area contributed by atoms with Crippen molar-refractivity contribution in [2.75, 3.05) is 67.1 Å². The maximum absolute atomic E-state index is 10.9. The van der Waals surface area contributed by atoms with Crippen molar-refractivity contribution in [3.05, 3.63) is 36.0 Å². The van der Waals surface area contributed by atoms with Gasteiger partial charge in [-0.1, -0.05) is 12.1 Å². The molecule has 0 aliphatic carbocycles. The Morgan fingerprint density at radius 3 is 2.33 bits per heavy atom. The zero-order chi connectivity index (χ0) is 18.6. The number of hydrogen-bond acceptors (Lipinski definition) is 7. The standard InChI is InChI=1S/C19H25N7O/c1-16-3-2-4-17(13-16)24-9-11-25(12-10-24)18-14-20-22-19(21-18)26-7-5-23(15-27)6-8-26/h2-4,13-15H,5-12H2,1H3. The van der Waals surface area contributed by atoms with Crippen LogP contribution in [0.4, 0.5) is 17.5 Å². The number of rotatable bonds is 4. The maximum atomic E-state index is 10.9. The molecular formula is C19H25N7O. The first-order valence-electron chi connectivity index (χ1n) is 9.43. The summed E-state index contributed by atoms with van der Waals surface area (Å²) in [4.78, 5) is 24.2. The summed E-state index contributed by atoms with van der Waals surface area (Å²) in [5.41, 5.74) is 2.57.